The van der Waals surface area contributed by atoms with Crippen LogP contribution in [-0.2, 0) is 11.3 Å². The minimum Gasteiger partial charge on any atom is -0.366 e. The summed E-state index contributed by atoms with van der Waals surface area (Å²) in [6.45, 7) is 9.71. The summed E-state index contributed by atoms with van der Waals surface area (Å²) in [4.78, 5) is 28.7. The first-order valence-electron chi connectivity index (χ1n) is 11.2. The summed E-state index contributed by atoms with van der Waals surface area (Å²) in [6, 6.07) is 12.2. The van der Waals surface area contributed by atoms with Gasteiger partial charge in [0.15, 0.2) is 0 Å². The zero-order valence-electron chi connectivity index (χ0n) is 19.1. The Balaban J connectivity index is 1.66. The standard InChI is InChI=1S/C26H30FN3O2/c1-5-11-30-23-14-21(27)19(12-20(23)17(2)15-26(30,3)4)13-22-24(31)29(25(32)28-22)16-18-9-7-6-8-10-18/h6-10,12-14,17H,5,11,15-16H2,1-4H3,(H,28,32)/b22-13+. The van der Waals surface area contributed by atoms with Gasteiger partial charge in [-0.25, -0.2) is 9.18 Å². The minimum absolute atomic E-state index is 0.0534. The molecule has 1 unspecified atom stereocenters. The highest BCUT2D eigenvalue weighted by atomic mass is 19.1. The van der Waals surface area contributed by atoms with E-state index in [0.717, 1.165) is 41.1 Å². The Hall–Kier alpha value is -3.15. The molecule has 4 rings (SSSR count). The number of carbonyl (C=O) groups is 2. The van der Waals surface area contributed by atoms with Gasteiger partial charge in [-0.3, -0.25) is 9.69 Å². The predicted molar refractivity (Wildman–Crippen MR) is 125 cm³/mol. The van der Waals surface area contributed by atoms with E-state index < -0.39 is 17.8 Å². The van der Waals surface area contributed by atoms with Crippen molar-refractivity contribution in [3.63, 3.8) is 0 Å². The number of nitrogens with one attached hydrogen (secondary N) is 1. The van der Waals surface area contributed by atoms with E-state index in [9.17, 15) is 9.59 Å². The van der Waals surface area contributed by atoms with Crippen LogP contribution in [0.25, 0.3) is 6.08 Å². The average Bonchev–Trinajstić information content (AvgIpc) is 3.00. The van der Waals surface area contributed by atoms with Gasteiger partial charge in [-0.1, -0.05) is 44.2 Å². The summed E-state index contributed by atoms with van der Waals surface area (Å²) >= 11 is 0. The van der Waals surface area contributed by atoms with Gasteiger partial charge in [0.05, 0.1) is 6.54 Å². The van der Waals surface area contributed by atoms with E-state index in [2.05, 4.69) is 37.9 Å². The van der Waals surface area contributed by atoms with Crippen LogP contribution in [0, 0.1) is 5.82 Å². The largest absolute Gasteiger partial charge is 0.366 e. The second-order valence-corrected chi connectivity index (χ2v) is 9.37. The first-order chi connectivity index (χ1) is 15.2. The van der Waals surface area contributed by atoms with E-state index in [1.54, 1.807) is 6.07 Å². The lowest BCUT2D eigenvalue weighted by Crippen LogP contribution is -2.48. The molecule has 0 aliphatic carbocycles. The van der Waals surface area contributed by atoms with Gasteiger partial charge in [-0.05, 0) is 61.9 Å². The molecule has 0 saturated carbocycles. The molecule has 0 aromatic heterocycles. The number of hydrogen-bond donors (Lipinski definition) is 1. The second kappa shape index (κ2) is 8.41. The van der Waals surface area contributed by atoms with E-state index >= 15 is 4.39 Å². The van der Waals surface area contributed by atoms with Gasteiger partial charge in [-0.2, -0.15) is 0 Å². The van der Waals surface area contributed by atoms with Crippen LogP contribution < -0.4 is 10.2 Å². The van der Waals surface area contributed by atoms with E-state index in [4.69, 9.17) is 0 Å². The Bertz CT molecular complexity index is 1080. The molecular formula is C26H30FN3O2. The molecule has 1 fully saturated rings. The van der Waals surface area contributed by atoms with E-state index in [1.807, 2.05) is 36.4 Å². The molecule has 1 saturated heterocycles. The zero-order valence-corrected chi connectivity index (χ0v) is 19.1. The van der Waals surface area contributed by atoms with Crippen LogP contribution in [0.1, 0.15) is 63.1 Å². The predicted octanol–water partition coefficient (Wildman–Crippen LogP) is 5.42. The van der Waals surface area contributed by atoms with Gasteiger partial charge in [0.1, 0.15) is 11.5 Å². The number of fused-ring (bicyclic) bond motifs is 1. The summed E-state index contributed by atoms with van der Waals surface area (Å²) in [5, 5.41) is 2.60. The molecule has 2 aromatic rings. The number of amides is 3. The number of nitrogens with zero attached hydrogens (tertiary/aromatic N) is 2. The van der Waals surface area contributed by atoms with Gasteiger partial charge in [0, 0.05) is 23.3 Å². The number of anilines is 1. The number of benzene rings is 2. The van der Waals surface area contributed by atoms with Crippen molar-refractivity contribution in [3.8, 4) is 0 Å². The van der Waals surface area contributed by atoms with Crippen LogP contribution in [-0.4, -0.2) is 28.9 Å². The van der Waals surface area contributed by atoms with Crippen LogP contribution in [0.5, 0.6) is 0 Å². The molecule has 0 spiro atoms. The van der Waals surface area contributed by atoms with Crippen LogP contribution >= 0.6 is 0 Å². The summed E-state index contributed by atoms with van der Waals surface area (Å²) < 4.78 is 15.2. The van der Waals surface area contributed by atoms with Crippen molar-refractivity contribution in [2.24, 2.45) is 0 Å². The Morgan fingerprint density at radius 1 is 1.19 bits per heavy atom. The highest BCUT2D eigenvalue weighted by Gasteiger charge is 2.37. The first-order valence-corrected chi connectivity index (χ1v) is 11.2. The monoisotopic (exact) mass is 435 g/mol. The molecule has 0 radical (unpaired) electrons. The third-order valence-electron chi connectivity index (χ3n) is 6.40. The first kappa shape index (κ1) is 22.1. The molecule has 1 N–H and O–H groups in total. The molecule has 32 heavy (non-hydrogen) atoms. The van der Waals surface area contributed by atoms with Gasteiger partial charge in [-0.15, -0.1) is 0 Å². The Morgan fingerprint density at radius 3 is 2.59 bits per heavy atom. The molecule has 5 nitrogen and oxygen atoms in total. The van der Waals surface area contributed by atoms with Crippen LogP contribution in [0.15, 0.2) is 48.2 Å². The number of imide groups is 1. The quantitative estimate of drug-likeness (QED) is 0.504. The molecule has 168 valence electrons. The maximum absolute atomic E-state index is 15.2. The van der Waals surface area contributed by atoms with Crippen LogP contribution in [0.2, 0.25) is 0 Å². The zero-order chi connectivity index (χ0) is 23.0. The van der Waals surface area contributed by atoms with Gasteiger partial charge in [0.25, 0.3) is 5.91 Å². The average molecular weight is 436 g/mol. The van der Waals surface area contributed by atoms with Crippen LogP contribution in [0.3, 0.4) is 0 Å². The van der Waals surface area contributed by atoms with E-state index in [0.29, 0.717) is 5.56 Å². The number of hydrogen-bond acceptors (Lipinski definition) is 3. The lowest BCUT2D eigenvalue weighted by molar-refractivity contribution is -0.123. The molecule has 3 amide bonds. The minimum atomic E-state index is -0.493. The maximum Gasteiger partial charge on any atom is 0.329 e. The van der Waals surface area contributed by atoms with E-state index in [1.165, 1.54) is 6.08 Å². The Labute approximate surface area is 188 Å². The molecule has 2 heterocycles. The van der Waals surface area contributed by atoms with Gasteiger partial charge in [0.2, 0.25) is 0 Å². The van der Waals surface area contributed by atoms with Crippen molar-refractivity contribution in [2.45, 2.75) is 58.5 Å². The maximum atomic E-state index is 15.2. The fraction of sp³-hybridized carbons (Fsp3) is 0.385. The van der Waals surface area contributed by atoms with Gasteiger partial charge < -0.3 is 10.2 Å². The highest BCUT2D eigenvalue weighted by Crippen LogP contribution is 2.44. The summed E-state index contributed by atoms with van der Waals surface area (Å²) in [7, 11) is 0. The smallest absolute Gasteiger partial charge is 0.329 e. The summed E-state index contributed by atoms with van der Waals surface area (Å²) in [5.41, 5.74) is 3.20. The van der Waals surface area contributed by atoms with E-state index in [-0.39, 0.29) is 23.7 Å². The fourth-order valence-electron chi connectivity index (χ4n) is 4.92. The van der Waals surface area contributed by atoms with Crippen molar-refractivity contribution in [1.82, 2.24) is 10.2 Å². The Kier molecular flexibility index (Phi) is 5.80. The summed E-state index contributed by atoms with van der Waals surface area (Å²) in [5.74, 6) is -0.585. The topological polar surface area (TPSA) is 52.7 Å². The number of rotatable bonds is 5. The lowest BCUT2D eigenvalue weighted by Gasteiger charge is -2.47. The van der Waals surface area contributed by atoms with Crippen molar-refractivity contribution in [3.05, 3.63) is 70.7 Å². The lowest BCUT2D eigenvalue weighted by atomic mass is 9.79. The molecule has 2 aromatic carbocycles. The number of carbonyl (C=O) groups excluding carboxylic acids is 2. The van der Waals surface area contributed by atoms with Crippen molar-refractivity contribution >= 4 is 23.7 Å². The van der Waals surface area contributed by atoms with Crippen molar-refractivity contribution in [2.75, 3.05) is 11.4 Å². The van der Waals surface area contributed by atoms with Crippen molar-refractivity contribution < 1.29 is 14.0 Å². The molecule has 2 aliphatic heterocycles. The number of halogens is 1. The molecular weight excluding hydrogens is 405 g/mol. The molecule has 0 bridgehead atoms. The fourth-order valence-corrected chi connectivity index (χ4v) is 4.92. The normalized spacial score (nSPS) is 21.2. The summed E-state index contributed by atoms with van der Waals surface area (Å²) in [6.07, 6.45) is 3.39. The highest BCUT2D eigenvalue weighted by molar-refractivity contribution is 6.13. The third kappa shape index (κ3) is 4.01. The SMILES string of the molecule is CCCN1c2cc(F)c(/C=C3/NC(=O)N(Cc4ccccc4)C3=O)cc2C(C)CC1(C)C. The second-order valence-electron chi connectivity index (χ2n) is 9.37. The Morgan fingerprint density at radius 2 is 1.91 bits per heavy atom. The molecule has 1 atom stereocenters. The van der Waals surface area contributed by atoms with Crippen LogP contribution in [0.4, 0.5) is 14.9 Å². The third-order valence-corrected chi connectivity index (χ3v) is 6.40. The van der Waals surface area contributed by atoms with Gasteiger partial charge >= 0.3 is 6.03 Å². The van der Waals surface area contributed by atoms with Crippen molar-refractivity contribution in [1.29, 1.82) is 0 Å². The molecule has 2 aliphatic rings. The molecule has 6 heteroatoms. The number of urea groups is 1.